The van der Waals surface area contributed by atoms with E-state index >= 15 is 0 Å². The molecule has 4 aromatic rings. The first kappa shape index (κ1) is 21.7. The van der Waals surface area contributed by atoms with E-state index in [1.807, 2.05) is 16.8 Å². The Hall–Kier alpha value is -2.81. The Kier molecular flexibility index (Phi) is 5.20. The van der Waals surface area contributed by atoms with Crippen LogP contribution in [-0.2, 0) is 13.5 Å². The first-order chi connectivity index (χ1) is 16.5. The largest absolute Gasteiger partial charge is 0.342 e. The average molecular weight is 493 g/mol. The molecule has 174 valence electrons. The molecular formula is C25H25ClN6OS. The van der Waals surface area contributed by atoms with Crippen molar-refractivity contribution in [2.75, 3.05) is 18.0 Å². The number of pyridine rings is 1. The number of imidazole rings is 1. The van der Waals surface area contributed by atoms with Crippen LogP contribution >= 0.6 is 23.4 Å². The number of aromatic nitrogens is 4. The second-order valence-electron chi connectivity index (χ2n) is 9.23. The molecule has 0 amide bonds. The second kappa shape index (κ2) is 8.15. The van der Waals surface area contributed by atoms with E-state index in [0.717, 1.165) is 53.7 Å². The number of anilines is 1. The van der Waals surface area contributed by atoms with Gasteiger partial charge in [-0.1, -0.05) is 47.6 Å². The Bertz CT molecular complexity index is 1460. The second-order valence-corrected chi connectivity index (χ2v) is 10.7. The van der Waals surface area contributed by atoms with Crippen LogP contribution in [0.4, 0.5) is 5.95 Å². The number of fused-ring (bicyclic) bond motifs is 2. The lowest BCUT2D eigenvalue weighted by Gasteiger charge is -2.42. The van der Waals surface area contributed by atoms with Gasteiger partial charge in [0, 0.05) is 55.7 Å². The van der Waals surface area contributed by atoms with E-state index in [-0.39, 0.29) is 17.0 Å². The zero-order chi connectivity index (χ0) is 23.4. The first-order valence-corrected chi connectivity index (χ1v) is 12.6. The molecule has 0 radical (unpaired) electrons. The quantitative estimate of drug-likeness (QED) is 0.434. The summed E-state index contributed by atoms with van der Waals surface area (Å²) in [4.78, 5) is 25.3. The summed E-state index contributed by atoms with van der Waals surface area (Å²) in [6.45, 7) is 1.81. The Morgan fingerprint density at radius 3 is 2.71 bits per heavy atom. The van der Waals surface area contributed by atoms with Gasteiger partial charge in [0.1, 0.15) is 5.15 Å². The summed E-state index contributed by atoms with van der Waals surface area (Å²) < 4.78 is 3.48. The predicted octanol–water partition coefficient (Wildman–Crippen LogP) is 4.08. The van der Waals surface area contributed by atoms with Crippen molar-refractivity contribution in [2.45, 2.75) is 35.1 Å². The summed E-state index contributed by atoms with van der Waals surface area (Å²) in [5.74, 6) is 0.891. The summed E-state index contributed by atoms with van der Waals surface area (Å²) in [6.07, 6.45) is 8.72. The Morgan fingerprint density at radius 1 is 1.12 bits per heavy atom. The highest BCUT2D eigenvalue weighted by Crippen LogP contribution is 2.51. The van der Waals surface area contributed by atoms with Crippen molar-refractivity contribution in [3.8, 4) is 0 Å². The monoisotopic (exact) mass is 492 g/mol. The van der Waals surface area contributed by atoms with Gasteiger partial charge in [0.05, 0.1) is 4.90 Å². The van der Waals surface area contributed by atoms with Gasteiger partial charge < -0.3 is 15.2 Å². The molecule has 9 heteroatoms. The van der Waals surface area contributed by atoms with Gasteiger partial charge in [-0.05, 0) is 41.9 Å². The fourth-order valence-corrected chi connectivity index (χ4v) is 6.64. The maximum atomic E-state index is 11.8. The van der Waals surface area contributed by atoms with E-state index in [2.05, 4.69) is 34.1 Å². The van der Waals surface area contributed by atoms with E-state index in [1.54, 1.807) is 19.3 Å². The predicted molar refractivity (Wildman–Crippen MR) is 135 cm³/mol. The highest BCUT2D eigenvalue weighted by atomic mass is 35.5. The number of piperidine rings is 1. The topological polar surface area (TPSA) is 81.4 Å². The first-order valence-electron chi connectivity index (χ1n) is 11.4. The van der Waals surface area contributed by atoms with Crippen LogP contribution in [0.3, 0.4) is 0 Å². The molecule has 0 saturated carbocycles. The van der Waals surface area contributed by atoms with Crippen LogP contribution in [0, 0.1) is 5.41 Å². The normalized spacial score (nSPS) is 19.1. The molecule has 1 saturated heterocycles. The van der Waals surface area contributed by atoms with Crippen LogP contribution in [0.25, 0.3) is 5.65 Å². The lowest BCUT2D eigenvalue weighted by atomic mass is 9.73. The van der Waals surface area contributed by atoms with Crippen LogP contribution < -0.4 is 16.2 Å². The summed E-state index contributed by atoms with van der Waals surface area (Å²) in [5.41, 5.74) is 10.3. The molecule has 3 aromatic heterocycles. The number of hydrogen-bond acceptors (Lipinski definition) is 6. The minimum Gasteiger partial charge on any atom is -0.342 e. The molecule has 34 heavy (non-hydrogen) atoms. The highest BCUT2D eigenvalue weighted by Gasteiger charge is 2.46. The van der Waals surface area contributed by atoms with Crippen LogP contribution in [0.5, 0.6) is 0 Å². The van der Waals surface area contributed by atoms with E-state index in [0.29, 0.717) is 5.15 Å². The van der Waals surface area contributed by atoms with Gasteiger partial charge in [-0.2, -0.15) is 0 Å². The van der Waals surface area contributed by atoms with Gasteiger partial charge in [-0.3, -0.25) is 9.20 Å². The lowest BCUT2D eigenvalue weighted by Crippen LogP contribution is -2.45. The van der Waals surface area contributed by atoms with E-state index in [1.165, 1.54) is 33.5 Å². The molecule has 2 aliphatic rings. The Balaban J connectivity index is 1.26. The number of nitrogens with two attached hydrogens (primary N) is 1. The van der Waals surface area contributed by atoms with E-state index in [4.69, 9.17) is 22.3 Å². The van der Waals surface area contributed by atoms with Crippen LogP contribution in [0.2, 0.25) is 5.15 Å². The summed E-state index contributed by atoms with van der Waals surface area (Å²) in [7, 11) is 1.67. The minimum absolute atomic E-state index is 0.0948. The third kappa shape index (κ3) is 3.35. The zero-order valence-electron chi connectivity index (χ0n) is 18.8. The average Bonchev–Trinajstić information content (AvgIpc) is 3.45. The molecule has 1 aromatic carbocycles. The highest BCUT2D eigenvalue weighted by molar-refractivity contribution is 7.99. The van der Waals surface area contributed by atoms with Crippen LogP contribution in [0.1, 0.15) is 30.0 Å². The van der Waals surface area contributed by atoms with Crippen LogP contribution in [0.15, 0.2) is 69.6 Å². The van der Waals surface area contributed by atoms with Gasteiger partial charge >= 0.3 is 0 Å². The molecule has 6 rings (SSSR count). The Labute approximate surface area is 206 Å². The maximum Gasteiger partial charge on any atom is 0.251 e. The molecule has 1 spiro atoms. The molecule has 1 fully saturated rings. The van der Waals surface area contributed by atoms with Crippen molar-refractivity contribution in [3.63, 3.8) is 0 Å². The third-order valence-corrected chi connectivity index (χ3v) is 9.06. The van der Waals surface area contributed by atoms with Crippen molar-refractivity contribution < 1.29 is 0 Å². The van der Waals surface area contributed by atoms with Crippen LogP contribution in [-0.4, -0.2) is 32.0 Å². The van der Waals surface area contributed by atoms with Crippen molar-refractivity contribution in [3.05, 3.63) is 81.6 Å². The van der Waals surface area contributed by atoms with Crippen molar-refractivity contribution in [1.82, 2.24) is 18.9 Å². The maximum absolute atomic E-state index is 11.8. The standard InChI is InChI=1S/C25H25ClN6OS/c1-30-20(33)7-6-18(22(30)26)34-19-15-29-24(32-13-10-28-23(19)32)31-11-8-25(9-12-31)14-16-4-2-3-5-17(16)21(25)27/h2-7,10,13,15,21H,8-9,11-12,14,27H2,1H3/t21-/m1/s1. The molecule has 1 aliphatic heterocycles. The molecule has 1 aliphatic carbocycles. The Morgan fingerprint density at radius 2 is 1.91 bits per heavy atom. The molecule has 7 nitrogen and oxygen atoms in total. The van der Waals surface area contributed by atoms with Crippen molar-refractivity contribution >= 4 is 35.0 Å². The van der Waals surface area contributed by atoms with Gasteiger partial charge in [0.25, 0.3) is 5.56 Å². The van der Waals surface area contributed by atoms with Gasteiger partial charge in [0.15, 0.2) is 5.65 Å². The fourth-order valence-electron chi connectivity index (χ4n) is 5.43. The van der Waals surface area contributed by atoms with Gasteiger partial charge in [0.2, 0.25) is 5.95 Å². The SMILES string of the molecule is Cn1c(Cl)c(Sc2cnc(N3CCC4(CC3)Cc3ccccc3[C@H]4N)n3ccnc23)ccc1=O. The minimum atomic E-state index is -0.137. The zero-order valence-corrected chi connectivity index (χ0v) is 20.4. The number of halogens is 1. The number of benzene rings is 1. The summed E-state index contributed by atoms with van der Waals surface area (Å²) >= 11 is 7.87. The molecular weight excluding hydrogens is 468 g/mol. The van der Waals surface area contributed by atoms with Gasteiger partial charge in [-0.25, -0.2) is 9.97 Å². The number of rotatable bonds is 3. The molecule has 0 unspecified atom stereocenters. The lowest BCUT2D eigenvalue weighted by molar-refractivity contribution is 0.186. The fraction of sp³-hybridized carbons (Fsp3) is 0.320. The van der Waals surface area contributed by atoms with Crippen molar-refractivity contribution in [2.24, 2.45) is 18.2 Å². The molecule has 1 atom stereocenters. The van der Waals surface area contributed by atoms with Gasteiger partial charge in [-0.15, -0.1) is 0 Å². The smallest absolute Gasteiger partial charge is 0.251 e. The molecule has 2 N–H and O–H groups in total. The van der Waals surface area contributed by atoms with E-state index in [9.17, 15) is 4.79 Å². The summed E-state index contributed by atoms with van der Waals surface area (Å²) in [5, 5.41) is 0.404. The molecule has 0 bridgehead atoms. The van der Waals surface area contributed by atoms with E-state index < -0.39 is 0 Å². The number of nitrogens with zero attached hydrogens (tertiary/aromatic N) is 5. The number of hydrogen-bond donors (Lipinski definition) is 1. The third-order valence-electron chi connectivity index (χ3n) is 7.43. The molecule has 4 heterocycles. The van der Waals surface area contributed by atoms with Crippen molar-refractivity contribution in [1.29, 1.82) is 0 Å². The summed E-state index contributed by atoms with van der Waals surface area (Å²) in [6, 6.07) is 12.0.